The van der Waals surface area contributed by atoms with Crippen molar-refractivity contribution in [2.24, 2.45) is 0 Å². The van der Waals surface area contributed by atoms with Gasteiger partial charge in [-0.1, -0.05) is 0 Å². The normalized spacial score (nSPS) is 10.2. The van der Waals surface area contributed by atoms with Gasteiger partial charge in [0, 0.05) is 26.7 Å². The molecule has 0 aliphatic carbocycles. The number of carboxylic acids is 1. The quantitative estimate of drug-likeness (QED) is 0.464. The number of carboxylic acid groups (broad SMARTS) is 1. The van der Waals surface area contributed by atoms with Crippen molar-refractivity contribution in [1.29, 1.82) is 0 Å². The molecule has 18 heavy (non-hydrogen) atoms. The van der Waals surface area contributed by atoms with Crippen LogP contribution in [-0.4, -0.2) is 90.2 Å². The second-order valence-corrected chi connectivity index (χ2v) is 3.52. The van der Waals surface area contributed by atoms with Gasteiger partial charge in [-0.25, -0.2) is 4.79 Å². The summed E-state index contributed by atoms with van der Waals surface area (Å²) in [5, 5.41) is 26.4. The molecule has 0 saturated carbocycles. The van der Waals surface area contributed by atoms with E-state index in [0.717, 1.165) is 4.90 Å². The lowest BCUT2D eigenvalue weighted by molar-refractivity contribution is -0.137. The maximum Gasteiger partial charge on any atom is 0.323 e. The van der Waals surface area contributed by atoms with Crippen LogP contribution >= 0.6 is 0 Å². The molecule has 0 saturated heterocycles. The van der Waals surface area contributed by atoms with Crippen LogP contribution in [0.4, 0.5) is 4.79 Å². The summed E-state index contributed by atoms with van der Waals surface area (Å²) in [6, 6.07) is -0.544. The van der Waals surface area contributed by atoms with Crippen LogP contribution in [0.15, 0.2) is 0 Å². The molecule has 106 valence electrons. The van der Waals surface area contributed by atoms with Gasteiger partial charge < -0.3 is 29.9 Å². The van der Waals surface area contributed by atoms with Crippen LogP contribution in [0.25, 0.3) is 0 Å². The van der Waals surface area contributed by atoms with Crippen molar-refractivity contribution in [1.82, 2.24) is 9.80 Å². The highest BCUT2D eigenvalue weighted by Crippen LogP contribution is 1.99. The first-order chi connectivity index (χ1) is 8.56. The van der Waals surface area contributed by atoms with Crippen molar-refractivity contribution in [3.63, 3.8) is 0 Å². The predicted octanol–water partition coefficient (Wildman–Crippen LogP) is -1.57. The highest BCUT2D eigenvalue weighted by molar-refractivity contribution is 5.80. The van der Waals surface area contributed by atoms with E-state index in [1.165, 1.54) is 12.0 Å². The molecule has 0 aromatic carbocycles. The molecule has 0 aromatic rings. The summed E-state index contributed by atoms with van der Waals surface area (Å²) in [7, 11) is 1.45. The van der Waals surface area contributed by atoms with Crippen LogP contribution in [0.3, 0.4) is 0 Å². The van der Waals surface area contributed by atoms with E-state index in [0.29, 0.717) is 0 Å². The smallest absolute Gasteiger partial charge is 0.323 e. The Labute approximate surface area is 105 Å². The van der Waals surface area contributed by atoms with E-state index >= 15 is 0 Å². The fourth-order valence-corrected chi connectivity index (χ4v) is 1.35. The van der Waals surface area contributed by atoms with Crippen LogP contribution in [0, 0.1) is 0 Å². The predicted molar refractivity (Wildman–Crippen MR) is 62.2 cm³/mol. The Morgan fingerprint density at radius 1 is 1.06 bits per heavy atom. The zero-order chi connectivity index (χ0) is 14.0. The molecule has 2 amide bonds. The lowest BCUT2D eigenvalue weighted by Crippen LogP contribution is -2.48. The number of rotatable bonds is 9. The molecule has 0 fully saturated rings. The Balaban J connectivity index is 4.60. The Hall–Kier alpha value is -1.38. The van der Waals surface area contributed by atoms with Crippen LogP contribution in [0.5, 0.6) is 0 Å². The topological polar surface area (TPSA) is 111 Å². The van der Waals surface area contributed by atoms with Crippen molar-refractivity contribution in [2.45, 2.75) is 0 Å². The third-order valence-electron chi connectivity index (χ3n) is 2.17. The monoisotopic (exact) mass is 264 g/mol. The molecule has 0 unspecified atom stereocenters. The maximum atomic E-state index is 12.0. The third-order valence-corrected chi connectivity index (χ3v) is 2.17. The summed E-state index contributed by atoms with van der Waals surface area (Å²) in [6.07, 6.45) is 0. The summed E-state index contributed by atoms with van der Waals surface area (Å²) in [6.45, 7) is -0.519. The van der Waals surface area contributed by atoms with E-state index in [4.69, 9.17) is 20.1 Å². The summed E-state index contributed by atoms with van der Waals surface area (Å²) in [5.41, 5.74) is 0. The molecule has 0 radical (unpaired) electrons. The van der Waals surface area contributed by atoms with Gasteiger partial charge >= 0.3 is 12.0 Å². The molecule has 0 atom stereocenters. The molecule has 0 aliphatic heterocycles. The van der Waals surface area contributed by atoms with E-state index in [9.17, 15) is 9.59 Å². The third kappa shape index (κ3) is 6.38. The molecule has 0 rings (SSSR count). The van der Waals surface area contributed by atoms with Gasteiger partial charge in [0.05, 0.1) is 19.8 Å². The lowest BCUT2D eigenvalue weighted by Gasteiger charge is -2.28. The van der Waals surface area contributed by atoms with E-state index in [1.807, 2.05) is 0 Å². The number of nitrogens with zero attached hydrogens (tertiary/aromatic N) is 2. The first-order valence-corrected chi connectivity index (χ1v) is 5.53. The van der Waals surface area contributed by atoms with Gasteiger partial charge in [0.25, 0.3) is 0 Å². The van der Waals surface area contributed by atoms with Crippen molar-refractivity contribution < 1.29 is 29.6 Å². The maximum absolute atomic E-state index is 12.0. The standard InChI is InChI=1S/C10H20N2O6/c1-18-7-4-12(8-9(15)16)10(17)11(2-5-13)3-6-14/h13-14H,2-8H2,1H3,(H,15,16). The summed E-state index contributed by atoms with van der Waals surface area (Å²) < 4.78 is 4.80. The first kappa shape index (κ1) is 16.6. The van der Waals surface area contributed by atoms with E-state index in [-0.39, 0.29) is 39.5 Å². The minimum absolute atomic E-state index is 0.0441. The number of ether oxygens (including phenoxy) is 1. The van der Waals surface area contributed by atoms with Crippen molar-refractivity contribution in [2.75, 3.05) is 53.1 Å². The number of urea groups is 1. The number of carbonyl (C=O) groups is 2. The minimum Gasteiger partial charge on any atom is -0.480 e. The molecule has 3 N–H and O–H groups in total. The number of hydrogen-bond donors (Lipinski definition) is 3. The first-order valence-electron chi connectivity index (χ1n) is 5.53. The van der Waals surface area contributed by atoms with Crippen LogP contribution in [0.2, 0.25) is 0 Å². The van der Waals surface area contributed by atoms with Crippen molar-refractivity contribution in [3.05, 3.63) is 0 Å². The van der Waals surface area contributed by atoms with Gasteiger partial charge in [0.15, 0.2) is 0 Å². The number of carbonyl (C=O) groups excluding carboxylic acids is 1. The SMILES string of the molecule is COCCN(CC(=O)O)C(=O)N(CCO)CCO. The van der Waals surface area contributed by atoms with Gasteiger partial charge in [-0.05, 0) is 0 Å². The number of aliphatic hydroxyl groups is 2. The Kier molecular flexibility index (Phi) is 8.89. The van der Waals surface area contributed by atoms with E-state index in [1.54, 1.807) is 0 Å². The van der Waals surface area contributed by atoms with Crippen LogP contribution < -0.4 is 0 Å². The van der Waals surface area contributed by atoms with E-state index in [2.05, 4.69) is 0 Å². The molecule has 8 heteroatoms. The van der Waals surface area contributed by atoms with Gasteiger partial charge in [-0.2, -0.15) is 0 Å². The summed E-state index contributed by atoms with van der Waals surface area (Å²) >= 11 is 0. The number of amides is 2. The molecular formula is C10H20N2O6. The molecule has 0 heterocycles. The Morgan fingerprint density at radius 2 is 1.61 bits per heavy atom. The lowest BCUT2D eigenvalue weighted by atomic mass is 10.4. The summed E-state index contributed by atoms with van der Waals surface area (Å²) in [4.78, 5) is 24.9. The second-order valence-electron chi connectivity index (χ2n) is 3.52. The molecule has 8 nitrogen and oxygen atoms in total. The number of methoxy groups -OCH3 is 1. The fourth-order valence-electron chi connectivity index (χ4n) is 1.35. The zero-order valence-corrected chi connectivity index (χ0v) is 10.4. The second kappa shape index (κ2) is 9.63. The van der Waals surface area contributed by atoms with Gasteiger partial charge in [-0.15, -0.1) is 0 Å². The Bertz CT molecular complexity index is 255. The van der Waals surface area contributed by atoms with Crippen LogP contribution in [0.1, 0.15) is 0 Å². The fraction of sp³-hybridized carbons (Fsp3) is 0.800. The minimum atomic E-state index is -1.13. The number of hydrogen-bond acceptors (Lipinski definition) is 5. The average molecular weight is 264 g/mol. The summed E-state index contributed by atoms with van der Waals surface area (Å²) in [5.74, 6) is -1.13. The molecule has 0 aliphatic rings. The highest BCUT2D eigenvalue weighted by Gasteiger charge is 2.21. The van der Waals surface area contributed by atoms with Crippen LogP contribution in [-0.2, 0) is 9.53 Å². The molecule has 0 bridgehead atoms. The largest absolute Gasteiger partial charge is 0.480 e. The Morgan fingerprint density at radius 3 is 2.00 bits per heavy atom. The number of aliphatic hydroxyl groups excluding tert-OH is 2. The number of aliphatic carboxylic acids is 1. The zero-order valence-electron chi connectivity index (χ0n) is 10.4. The van der Waals surface area contributed by atoms with Gasteiger partial charge in [-0.3, -0.25) is 4.79 Å². The molecule has 0 spiro atoms. The van der Waals surface area contributed by atoms with Crippen molar-refractivity contribution in [3.8, 4) is 0 Å². The van der Waals surface area contributed by atoms with Gasteiger partial charge in [0.2, 0.25) is 0 Å². The van der Waals surface area contributed by atoms with Gasteiger partial charge in [0.1, 0.15) is 6.54 Å². The molecular weight excluding hydrogens is 244 g/mol. The average Bonchev–Trinajstić information content (AvgIpc) is 2.33. The van der Waals surface area contributed by atoms with E-state index < -0.39 is 18.5 Å². The highest BCUT2D eigenvalue weighted by atomic mass is 16.5. The van der Waals surface area contributed by atoms with Crippen molar-refractivity contribution >= 4 is 12.0 Å². The molecule has 0 aromatic heterocycles.